The van der Waals surface area contributed by atoms with Crippen LogP contribution in [0.25, 0.3) is 23.0 Å². The number of benzene rings is 2. The van der Waals surface area contributed by atoms with Gasteiger partial charge in [0, 0.05) is 35.3 Å². The van der Waals surface area contributed by atoms with Crippen LogP contribution in [0.15, 0.2) is 90.9 Å². The van der Waals surface area contributed by atoms with Gasteiger partial charge in [-0.1, -0.05) is 42.5 Å². The molecule has 0 atom stereocenters. The summed E-state index contributed by atoms with van der Waals surface area (Å²) in [5.41, 5.74) is 4.51. The Hall–Kier alpha value is -4.30. The minimum absolute atomic E-state index is 0.0622. The first-order chi connectivity index (χ1) is 14.7. The molecule has 2 aromatic carbocycles. The molecule has 4 rings (SSSR count). The predicted octanol–water partition coefficient (Wildman–Crippen LogP) is 5.03. The number of carbonyl (C=O) groups excluding carboxylic acids is 1. The number of allylic oxidation sites excluding steroid dienone is 1. The molecule has 0 fully saturated rings. The van der Waals surface area contributed by atoms with Gasteiger partial charge < -0.3 is 0 Å². The van der Waals surface area contributed by atoms with E-state index in [-0.39, 0.29) is 11.4 Å². The molecule has 5 nitrogen and oxygen atoms in total. The lowest BCUT2D eigenvalue weighted by Gasteiger charge is -2.03. The fourth-order valence-corrected chi connectivity index (χ4v) is 3.22. The summed E-state index contributed by atoms with van der Waals surface area (Å²) in [7, 11) is 0. The van der Waals surface area contributed by atoms with E-state index >= 15 is 0 Å². The van der Waals surface area contributed by atoms with Crippen molar-refractivity contribution in [2.45, 2.75) is 6.92 Å². The average molecular weight is 390 g/mol. The highest BCUT2D eigenvalue weighted by molar-refractivity contribution is 6.15. The van der Waals surface area contributed by atoms with Crippen molar-refractivity contribution in [1.82, 2.24) is 14.8 Å². The van der Waals surface area contributed by atoms with Gasteiger partial charge in [0.25, 0.3) is 0 Å². The number of hydrogen-bond acceptors (Lipinski definition) is 4. The van der Waals surface area contributed by atoms with Crippen LogP contribution in [-0.2, 0) is 0 Å². The van der Waals surface area contributed by atoms with E-state index < -0.39 is 0 Å². The predicted molar refractivity (Wildman–Crippen MR) is 116 cm³/mol. The van der Waals surface area contributed by atoms with Crippen LogP contribution in [0.1, 0.15) is 21.5 Å². The highest BCUT2D eigenvalue weighted by Gasteiger charge is 2.17. The van der Waals surface area contributed by atoms with E-state index in [1.165, 1.54) is 0 Å². The monoisotopic (exact) mass is 390 g/mol. The Morgan fingerprint density at radius 1 is 1.00 bits per heavy atom. The van der Waals surface area contributed by atoms with Crippen LogP contribution in [0.5, 0.6) is 0 Å². The van der Waals surface area contributed by atoms with Crippen molar-refractivity contribution >= 4 is 11.9 Å². The van der Waals surface area contributed by atoms with Crippen LogP contribution in [-0.4, -0.2) is 20.5 Å². The van der Waals surface area contributed by atoms with Crippen LogP contribution in [0.2, 0.25) is 0 Å². The van der Waals surface area contributed by atoms with E-state index in [0.717, 1.165) is 16.8 Å². The summed E-state index contributed by atoms with van der Waals surface area (Å²) in [6, 6.07) is 22.7. The highest BCUT2D eigenvalue weighted by atomic mass is 16.1. The zero-order valence-corrected chi connectivity index (χ0v) is 16.4. The summed E-state index contributed by atoms with van der Waals surface area (Å²) in [5.74, 6) is -0.302. The average Bonchev–Trinajstić information content (AvgIpc) is 3.22. The van der Waals surface area contributed by atoms with Crippen LogP contribution < -0.4 is 0 Å². The Morgan fingerprint density at radius 3 is 2.40 bits per heavy atom. The topological polar surface area (TPSA) is 71.6 Å². The molecule has 0 bridgehead atoms. The molecule has 0 aliphatic carbocycles. The van der Waals surface area contributed by atoms with E-state index in [1.807, 2.05) is 67.7 Å². The maximum atomic E-state index is 13.0. The molecule has 2 aromatic heterocycles. The minimum atomic E-state index is -0.302. The van der Waals surface area contributed by atoms with E-state index in [4.69, 9.17) is 5.10 Å². The molecule has 0 N–H and O–H groups in total. The molecule has 5 heteroatoms. The lowest BCUT2D eigenvalue weighted by molar-refractivity contribution is 0.103. The van der Waals surface area contributed by atoms with Crippen LogP contribution in [0, 0.1) is 18.3 Å². The fourth-order valence-electron chi connectivity index (χ4n) is 3.22. The maximum absolute atomic E-state index is 13.0. The van der Waals surface area contributed by atoms with Gasteiger partial charge in [-0.15, -0.1) is 0 Å². The van der Waals surface area contributed by atoms with Crippen LogP contribution in [0.3, 0.4) is 0 Å². The van der Waals surface area contributed by atoms with E-state index in [0.29, 0.717) is 16.8 Å². The van der Waals surface area contributed by atoms with Crippen molar-refractivity contribution < 1.29 is 4.79 Å². The van der Waals surface area contributed by atoms with Crippen molar-refractivity contribution in [2.75, 3.05) is 0 Å². The highest BCUT2D eigenvalue weighted by Crippen LogP contribution is 2.26. The second-order valence-electron chi connectivity index (χ2n) is 6.76. The maximum Gasteiger partial charge on any atom is 0.203 e. The number of nitrogens with zero attached hydrogens (tertiary/aromatic N) is 4. The first kappa shape index (κ1) is 19.0. The molecule has 0 saturated carbocycles. The third-order valence-corrected chi connectivity index (χ3v) is 4.77. The summed E-state index contributed by atoms with van der Waals surface area (Å²) >= 11 is 0. The zero-order chi connectivity index (χ0) is 20.9. The van der Waals surface area contributed by atoms with Crippen molar-refractivity contribution in [3.05, 3.63) is 108 Å². The van der Waals surface area contributed by atoms with E-state index in [9.17, 15) is 10.1 Å². The van der Waals surface area contributed by atoms with E-state index in [1.54, 1.807) is 35.3 Å². The summed E-state index contributed by atoms with van der Waals surface area (Å²) in [6.07, 6.45) is 6.81. The summed E-state index contributed by atoms with van der Waals surface area (Å²) in [6.45, 7) is 1.86. The zero-order valence-electron chi connectivity index (χ0n) is 16.4. The first-order valence-electron chi connectivity index (χ1n) is 9.45. The van der Waals surface area contributed by atoms with Crippen molar-refractivity contribution in [2.24, 2.45) is 0 Å². The molecule has 0 aliphatic heterocycles. The van der Waals surface area contributed by atoms with Crippen molar-refractivity contribution in [3.8, 4) is 23.0 Å². The second-order valence-corrected chi connectivity index (χ2v) is 6.76. The van der Waals surface area contributed by atoms with Crippen LogP contribution in [0.4, 0.5) is 0 Å². The van der Waals surface area contributed by atoms with Gasteiger partial charge in [0.1, 0.15) is 17.3 Å². The number of nitriles is 1. The molecule has 0 saturated heterocycles. The Labute approximate surface area is 174 Å². The van der Waals surface area contributed by atoms with Gasteiger partial charge in [-0.3, -0.25) is 9.78 Å². The van der Waals surface area contributed by atoms with Crippen LogP contribution >= 0.6 is 0 Å². The van der Waals surface area contributed by atoms with Gasteiger partial charge in [0.05, 0.1) is 5.69 Å². The first-order valence-corrected chi connectivity index (χ1v) is 9.45. The van der Waals surface area contributed by atoms with E-state index in [2.05, 4.69) is 11.1 Å². The number of aromatic nitrogens is 3. The number of Topliss-reactive ketones (excluding diaryl/α,β-unsaturated/α-hetero) is 1. The Balaban J connectivity index is 1.84. The van der Waals surface area contributed by atoms with Gasteiger partial charge >= 0.3 is 0 Å². The third-order valence-electron chi connectivity index (χ3n) is 4.77. The summed E-state index contributed by atoms with van der Waals surface area (Å²) in [5, 5.41) is 14.4. The molecule has 2 heterocycles. The number of para-hydroxylation sites is 1. The molecule has 4 aromatic rings. The number of pyridine rings is 1. The Morgan fingerprint density at radius 2 is 1.70 bits per heavy atom. The second kappa shape index (κ2) is 8.38. The van der Waals surface area contributed by atoms with Gasteiger partial charge in [-0.25, -0.2) is 4.68 Å². The molecule has 30 heavy (non-hydrogen) atoms. The molecule has 0 unspecified atom stereocenters. The molecule has 0 radical (unpaired) electrons. The molecule has 0 aliphatic rings. The minimum Gasteiger partial charge on any atom is -0.288 e. The fraction of sp³-hybridized carbons (Fsp3) is 0.0400. The quantitative estimate of drug-likeness (QED) is 0.272. The number of carbonyl (C=O) groups is 1. The molecular weight excluding hydrogens is 372 g/mol. The lowest BCUT2D eigenvalue weighted by atomic mass is 9.98. The van der Waals surface area contributed by atoms with Crippen molar-refractivity contribution in [3.63, 3.8) is 0 Å². The summed E-state index contributed by atoms with van der Waals surface area (Å²) in [4.78, 5) is 17.1. The van der Waals surface area contributed by atoms with Crippen molar-refractivity contribution in [1.29, 1.82) is 5.26 Å². The van der Waals surface area contributed by atoms with Gasteiger partial charge in [-0.2, -0.15) is 10.4 Å². The summed E-state index contributed by atoms with van der Waals surface area (Å²) < 4.78 is 1.74. The largest absolute Gasteiger partial charge is 0.288 e. The molecule has 0 spiro atoms. The number of hydrogen-bond donors (Lipinski definition) is 0. The smallest absolute Gasteiger partial charge is 0.203 e. The number of aryl methyl sites for hydroxylation is 1. The Bertz CT molecular complexity index is 1270. The SMILES string of the molecule is Cc1ccccc1C(=O)/C(C#N)=C/c1cn(-c2ccccc2)nc1-c1ccncc1. The number of rotatable bonds is 5. The van der Waals surface area contributed by atoms with Gasteiger partial charge in [0.15, 0.2) is 0 Å². The normalized spacial score (nSPS) is 11.1. The van der Waals surface area contributed by atoms with Gasteiger partial charge in [0.2, 0.25) is 5.78 Å². The third kappa shape index (κ3) is 3.80. The lowest BCUT2D eigenvalue weighted by Crippen LogP contribution is -2.04. The molecule has 144 valence electrons. The number of ketones is 1. The molecular formula is C25H18N4O. The van der Waals surface area contributed by atoms with Gasteiger partial charge in [-0.05, 0) is 42.8 Å². The Kier molecular flexibility index (Phi) is 5.31. The molecule has 0 amide bonds. The standard InChI is InChI=1S/C25H18N4O/c1-18-7-5-6-10-23(18)25(30)20(16-26)15-21-17-29(22-8-3-2-4-9-22)28-24(21)19-11-13-27-14-12-19/h2-15,17H,1H3/b20-15+.